The van der Waals surface area contributed by atoms with Crippen molar-refractivity contribution in [2.24, 2.45) is 0 Å². The second kappa shape index (κ2) is 6.88. The molecule has 0 amide bonds. The second-order valence-corrected chi connectivity index (χ2v) is 4.72. The number of morpholine rings is 1. The molecular formula is C15H24N2O. The van der Waals surface area contributed by atoms with Gasteiger partial charge in [0.1, 0.15) is 0 Å². The molecule has 0 saturated carbocycles. The molecule has 0 radical (unpaired) electrons. The third kappa shape index (κ3) is 3.31. The van der Waals surface area contributed by atoms with Crippen LogP contribution >= 0.6 is 0 Å². The molecule has 1 atom stereocenters. The average Bonchev–Trinajstić information content (AvgIpc) is 2.46. The fraction of sp³-hybridized carbons (Fsp3) is 0.600. The third-order valence-corrected chi connectivity index (χ3v) is 3.62. The van der Waals surface area contributed by atoms with Crippen LogP contribution in [0.1, 0.15) is 31.1 Å². The lowest BCUT2D eigenvalue weighted by molar-refractivity contribution is 0.0267. The average molecular weight is 248 g/mol. The molecule has 0 bridgehead atoms. The Morgan fingerprint density at radius 3 is 2.72 bits per heavy atom. The molecule has 1 aromatic carbocycles. The molecule has 1 heterocycles. The molecule has 0 spiro atoms. The van der Waals surface area contributed by atoms with Gasteiger partial charge in [-0.3, -0.25) is 4.90 Å². The lowest BCUT2D eigenvalue weighted by Gasteiger charge is -2.27. The SMILES string of the molecule is CCN(CC)Cc1ccccc1C1CNCCO1. The third-order valence-electron chi connectivity index (χ3n) is 3.62. The Morgan fingerprint density at radius 1 is 1.28 bits per heavy atom. The number of hydrogen-bond acceptors (Lipinski definition) is 3. The van der Waals surface area contributed by atoms with Gasteiger partial charge in [-0.2, -0.15) is 0 Å². The predicted octanol–water partition coefficient (Wildman–Crippen LogP) is 2.19. The van der Waals surface area contributed by atoms with Crippen LogP contribution in [0.4, 0.5) is 0 Å². The van der Waals surface area contributed by atoms with E-state index in [-0.39, 0.29) is 6.10 Å². The lowest BCUT2D eigenvalue weighted by Crippen LogP contribution is -2.34. The smallest absolute Gasteiger partial charge is 0.0953 e. The summed E-state index contributed by atoms with van der Waals surface area (Å²) in [6, 6.07) is 8.67. The van der Waals surface area contributed by atoms with Crippen LogP contribution in [0.25, 0.3) is 0 Å². The van der Waals surface area contributed by atoms with Gasteiger partial charge in [-0.05, 0) is 24.2 Å². The van der Waals surface area contributed by atoms with E-state index in [1.165, 1.54) is 11.1 Å². The molecule has 1 unspecified atom stereocenters. The van der Waals surface area contributed by atoms with Gasteiger partial charge in [0.15, 0.2) is 0 Å². The molecule has 1 aromatic rings. The van der Waals surface area contributed by atoms with E-state index in [9.17, 15) is 0 Å². The Kier molecular flexibility index (Phi) is 5.17. The summed E-state index contributed by atoms with van der Waals surface area (Å²) in [5.74, 6) is 0. The molecule has 0 aromatic heterocycles. The van der Waals surface area contributed by atoms with Crippen LogP contribution in [-0.4, -0.2) is 37.7 Å². The number of rotatable bonds is 5. The number of benzene rings is 1. The zero-order valence-electron chi connectivity index (χ0n) is 11.5. The monoisotopic (exact) mass is 248 g/mol. The van der Waals surface area contributed by atoms with Crippen molar-refractivity contribution in [3.8, 4) is 0 Å². The van der Waals surface area contributed by atoms with E-state index in [2.05, 4.69) is 48.3 Å². The molecule has 2 rings (SSSR count). The molecule has 3 heteroatoms. The van der Waals surface area contributed by atoms with E-state index in [1.54, 1.807) is 0 Å². The van der Waals surface area contributed by atoms with Crippen molar-refractivity contribution >= 4 is 0 Å². The van der Waals surface area contributed by atoms with Crippen molar-refractivity contribution in [3.05, 3.63) is 35.4 Å². The minimum Gasteiger partial charge on any atom is -0.371 e. The summed E-state index contributed by atoms with van der Waals surface area (Å²) in [5, 5.41) is 3.40. The maximum atomic E-state index is 5.87. The normalized spacial score (nSPS) is 20.3. The lowest BCUT2D eigenvalue weighted by atomic mass is 10.0. The van der Waals surface area contributed by atoms with Gasteiger partial charge in [-0.25, -0.2) is 0 Å². The Hall–Kier alpha value is -0.900. The quantitative estimate of drug-likeness (QED) is 0.864. The molecule has 1 N–H and O–H groups in total. The van der Waals surface area contributed by atoms with Crippen LogP contribution in [0.3, 0.4) is 0 Å². The number of nitrogens with zero attached hydrogens (tertiary/aromatic N) is 1. The van der Waals surface area contributed by atoms with Crippen LogP contribution in [0.5, 0.6) is 0 Å². The highest BCUT2D eigenvalue weighted by atomic mass is 16.5. The van der Waals surface area contributed by atoms with E-state index in [0.717, 1.165) is 39.3 Å². The van der Waals surface area contributed by atoms with E-state index < -0.39 is 0 Å². The van der Waals surface area contributed by atoms with E-state index >= 15 is 0 Å². The van der Waals surface area contributed by atoms with Crippen molar-refractivity contribution in [2.75, 3.05) is 32.8 Å². The van der Waals surface area contributed by atoms with Crippen LogP contribution < -0.4 is 5.32 Å². The maximum Gasteiger partial charge on any atom is 0.0953 e. The van der Waals surface area contributed by atoms with Gasteiger partial charge in [0.05, 0.1) is 12.7 Å². The fourth-order valence-corrected chi connectivity index (χ4v) is 2.45. The topological polar surface area (TPSA) is 24.5 Å². The molecule has 100 valence electrons. The summed E-state index contributed by atoms with van der Waals surface area (Å²) in [5.41, 5.74) is 2.74. The molecule has 0 aliphatic carbocycles. The van der Waals surface area contributed by atoms with Gasteiger partial charge in [0.2, 0.25) is 0 Å². The second-order valence-electron chi connectivity index (χ2n) is 4.72. The zero-order valence-corrected chi connectivity index (χ0v) is 11.5. The van der Waals surface area contributed by atoms with Crippen molar-refractivity contribution in [2.45, 2.75) is 26.5 Å². The highest BCUT2D eigenvalue weighted by Gasteiger charge is 2.18. The summed E-state index contributed by atoms with van der Waals surface area (Å²) in [7, 11) is 0. The number of ether oxygens (including phenoxy) is 1. The highest BCUT2D eigenvalue weighted by molar-refractivity contribution is 5.29. The van der Waals surface area contributed by atoms with Gasteiger partial charge in [0, 0.05) is 19.6 Å². The van der Waals surface area contributed by atoms with Gasteiger partial charge in [-0.15, -0.1) is 0 Å². The van der Waals surface area contributed by atoms with E-state index in [4.69, 9.17) is 4.74 Å². The van der Waals surface area contributed by atoms with Gasteiger partial charge in [-0.1, -0.05) is 38.1 Å². The van der Waals surface area contributed by atoms with Gasteiger partial charge in [0.25, 0.3) is 0 Å². The molecule has 1 aliphatic rings. The van der Waals surface area contributed by atoms with Gasteiger partial charge >= 0.3 is 0 Å². The molecule has 1 aliphatic heterocycles. The summed E-state index contributed by atoms with van der Waals surface area (Å²) in [6.45, 7) is 10.3. The van der Waals surface area contributed by atoms with Crippen molar-refractivity contribution in [1.29, 1.82) is 0 Å². The number of hydrogen-bond donors (Lipinski definition) is 1. The summed E-state index contributed by atoms with van der Waals surface area (Å²) < 4.78 is 5.87. The Morgan fingerprint density at radius 2 is 2.06 bits per heavy atom. The minimum absolute atomic E-state index is 0.213. The Bertz CT molecular complexity index is 357. The fourth-order valence-electron chi connectivity index (χ4n) is 2.45. The summed E-state index contributed by atoms with van der Waals surface area (Å²) >= 11 is 0. The zero-order chi connectivity index (χ0) is 12.8. The summed E-state index contributed by atoms with van der Waals surface area (Å²) in [4.78, 5) is 2.44. The molecule has 1 saturated heterocycles. The largest absolute Gasteiger partial charge is 0.371 e. The van der Waals surface area contributed by atoms with Crippen molar-refractivity contribution < 1.29 is 4.74 Å². The van der Waals surface area contributed by atoms with Gasteiger partial charge < -0.3 is 10.1 Å². The first-order valence-corrected chi connectivity index (χ1v) is 6.97. The van der Waals surface area contributed by atoms with Crippen LogP contribution in [-0.2, 0) is 11.3 Å². The standard InChI is InChI=1S/C15H24N2O/c1-3-17(4-2)12-13-7-5-6-8-14(13)15-11-16-9-10-18-15/h5-8,15-16H,3-4,9-12H2,1-2H3. The molecule has 1 fully saturated rings. The first-order chi connectivity index (χ1) is 8.85. The Labute approximate surface area is 110 Å². The molecule has 3 nitrogen and oxygen atoms in total. The predicted molar refractivity (Wildman–Crippen MR) is 74.6 cm³/mol. The van der Waals surface area contributed by atoms with E-state index in [0.29, 0.717) is 0 Å². The van der Waals surface area contributed by atoms with Crippen LogP contribution in [0, 0.1) is 0 Å². The van der Waals surface area contributed by atoms with Crippen molar-refractivity contribution in [1.82, 2.24) is 10.2 Å². The molecule has 18 heavy (non-hydrogen) atoms. The number of nitrogens with one attached hydrogen (secondary N) is 1. The van der Waals surface area contributed by atoms with E-state index in [1.807, 2.05) is 0 Å². The van der Waals surface area contributed by atoms with Crippen molar-refractivity contribution in [3.63, 3.8) is 0 Å². The molecular weight excluding hydrogens is 224 g/mol. The minimum atomic E-state index is 0.213. The highest BCUT2D eigenvalue weighted by Crippen LogP contribution is 2.23. The summed E-state index contributed by atoms with van der Waals surface area (Å²) in [6.07, 6.45) is 0.213. The maximum absolute atomic E-state index is 5.87. The van der Waals surface area contributed by atoms with Crippen LogP contribution in [0.15, 0.2) is 24.3 Å². The first-order valence-electron chi connectivity index (χ1n) is 6.97. The first kappa shape index (κ1) is 13.5. The Balaban J connectivity index is 2.13. The van der Waals surface area contributed by atoms with Crippen LogP contribution in [0.2, 0.25) is 0 Å².